The molecule has 0 aliphatic heterocycles. The molecule has 1 aliphatic carbocycles. The Labute approximate surface area is 152 Å². The fraction of sp³-hybridized carbons (Fsp3) is 0.556. The lowest BCUT2D eigenvalue weighted by molar-refractivity contribution is -0.489. The van der Waals surface area contributed by atoms with Gasteiger partial charge in [-0.15, -0.1) is 0 Å². The summed E-state index contributed by atoms with van der Waals surface area (Å²) in [6.45, 7) is 1.60. The topological polar surface area (TPSA) is 108 Å². The van der Waals surface area contributed by atoms with Gasteiger partial charge in [-0.2, -0.15) is 0 Å². The summed E-state index contributed by atoms with van der Waals surface area (Å²) in [5, 5.41) is 13.7. The van der Waals surface area contributed by atoms with E-state index in [1.807, 2.05) is 30.3 Å². The molecular formula is C18H24N2O6. The number of rotatable bonds is 10. The van der Waals surface area contributed by atoms with Crippen molar-refractivity contribution in [1.82, 2.24) is 5.32 Å². The van der Waals surface area contributed by atoms with E-state index in [0.717, 1.165) is 18.4 Å². The van der Waals surface area contributed by atoms with Gasteiger partial charge in [-0.1, -0.05) is 30.3 Å². The number of benzene rings is 1. The molecule has 0 aromatic heterocycles. The third-order valence-electron chi connectivity index (χ3n) is 4.25. The number of hydrogen-bond donors (Lipinski definition) is 1. The highest BCUT2D eigenvalue weighted by atomic mass is 16.6. The molecule has 0 spiro atoms. The third-order valence-corrected chi connectivity index (χ3v) is 4.25. The summed E-state index contributed by atoms with van der Waals surface area (Å²) < 4.78 is 10.1. The maximum absolute atomic E-state index is 12.1. The molecule has 2 rings (SSSR count). The normalized spacial score (nSPS) is 15.6. The molecule has 1 saturated carbocycles. The maximum Gasteiger partial charge on any atom is 0.407 e. The van der Waals surface area contributed by atoms with Crippen molar-refractivity contribution in [1.29, 1.82) is 0 Å². The summed E-state index contributed by atoms with van der Waals surface area (Å²) in [5.41, 5.74) is 0.846. The minimum atomic E-state index is -0.636. The summed E-state index contributed by atoms with van der Waals surface area (Å²) in [6, 6.07) is 8.74. The van der Waals surface area contributed by atoms with Gasteiger partial charge in [-0.25, -0.2) is 4.79 Å². The molecule has 26 heavy (non-hydrogen) atoms. The highest BCUT2D eigenvalue weighted by molar-refractivity contribution is 5.70. The largest absolute Gasteiger partial charge is 0.466 e. The quantitative estimate of drug-likeness (QED) is 0.388. The Bertz CT molecular complexity index is 617. The molecule has 1 aliphatic rings. The van der Waals surface area contributed by atoms with Crippen LogP contribution in [-0.2, 0) is 20.9 Å². The molecule has 0 saturated heterocycles. The van der Waals surface area contributed by atoms with Gasteiger partial charge >= 0.3 is 12.1 Å². The first-order chi connectivity index (χ1) is 12.5. The number of hydrogen-bond acceptors (Lipinski definition) is 6. The second kappa shape index (κ2) is 9.74. The molecule has 0 bridgehead atoms. The highest BCUT2D eigenvalue weighted by Crippen LogP contribution is 2.37. The molecule has 142 valence electrons. The van der Waals surface area contributed by atoms with Crippen molar-refractivity contribution in [3.8, 4) is 0 Å². The number of carbonyl (C=O) groups excluding carboxylic acids is 2. The van der Waals surface area contributed by atoms with Crippen LogP contribution in [0, 0.1) is 22.0 Å². The second-order valence-corrected chi connectivity index (χ2v) is 6.35. The SMILES string of the molecule is CCOC(=O)CC(C[N+](=O)[O-])[C@@H](NC(=O)OCc1ccccc1)C1CC1. The van der Waals surface area contributed by atoms with Crippen LogP contribution in [0.25, 0.3) is 0 Å². The van der Waals surface area contributed by atoms with E-state index in [0.29, 0.717) is 0 Å². The van der Waals surface area contributed by atoms with Crippen molar-refractivity contribution in [2.75, 3.05) is 13.2 Å². The average molecular weight is 364 g/mol. The fourth-order valence-electron chi connectivity index (χ4n) is 2.91. The molecule has 0 heterocycles. The average Bonchev–Trinajstić information content (AvgIpc) is 3.43. The van der Waals surface area contributed by atoms with Crippen LogP contribution < -0.4 is 5.32 Å². The van der Waals surface area contributed by atoms with Gasteiger partial charge in [-0.3, -0.25) is 14.9 Å². The molecular weight excluding hydrogens is 340 g/mol. The van der Waals surface area contributed by atoms with Gasteiger partial charge in [0.05, 0.1) is 18.9 Å². The summed E-state index contributed by atoms with van der Waals surface area (Å²) in [4.78, 5) is 34.5. The Morgan fingerprint density at radius 2 is 1.96 bits per heavy atom. The lowest BCUT2D eigenvalue weighted by Crippen LogP contribution is -2.45. The van der Waals surface area contributed by atoms with Crippen molar-refractivity contribution in [2.45, 2.75) is 38.8 Å². The van der Waals surface area contributed by atoms with E-state index < -0.39 is 35.5 Å². The first-order valence-corrected chi connectivity index (χ1v) is 8.74. The minimum Gasteiger partial charge on any atom is -0.466 e. The molecule has 1 amide bonds. The number of ether oxygens (including phenoxy) is 2. The van der Waals surface area contributed by atoms with E-state index in [2.05, 4.69) is 5.32 Å². The van der Waals surface area contributed by atoms with E-state index >= 15 is 0 Å². The number of nitrogens with zero attached hydrogens (tertiary/aromatic N) is 1. The van der Waals surface area contributed by atoms with Crippen molar-refractivity contribution in [2.24, 2.45) is 11.8 Å². The summed E-state index contributed by atoms with van der Waals surface area (Å²) in [7, 11) is 0. The van der Waals surface area contributed by atoms with Gasteiger partial charge in [0.15, 0.2) is 0 Å². The zero-order chi connectivity index (χ0) is 18.9. The number of alkyl carbamates (subject to hydrolysis) is 1. The predicted octanol–water partition coefficient (Wildman–Crippen LogP) is 2.54. The van der Waals surface area contributed by atoms with Gasteiger partial charge < -0.3 is 14.8 Å². The van der Waals surface area contributed by atoms with Gasteiger partial charge in [0.2, 0.25) is 6.54 Å². The van der Waals surface area contributed by atoms with Crippen molar-refractivity contribution < 1.29 is 24.0 Å². The van der Waals surface area contributed by atoms with Crippen LogP contribution in [0.15, 0.2) is 30.3 Å². The van der Waals surface area contributed by atoms with E-state index in [-0.39, 0.29) is 25.6 Å². The molecule has 1 unspecified atom stereocenters. The maximum atomic E-state index is 12.1. The lowest BCUT2D eigenvalue weighted by Gasteiger charge is -2.24. The summed E-state index contributed by atoms with van der Waals surface area (Å²) >= 11 is 0. The van der Waals surface area contributed by atoms with Crippen molar-refractivity contribution >= 4 is 12.1 Å². The van der Waals surface area contributed by atoms with Crippen molar-refractivity contribution in [3.05, 3.63) is 46.0 Å². The van der Waals surface area contributed by atoms with Crippen LogP contribution in [0.4, 0.5) is 4.79 Å². The number of nitrogens with one attached hydrogen (secondary N) is 1. The Balaban J connectivity index is 1.96. The number of nitro groups is 1. The fourth-order valence-corrected chi connectivity index (χ4v) is 2.91. The molecule has 1 aromatic carbocycles. The van der Waals surface area contributed by atoms with Crippen LogP contribution in [0.2, 0.25) is 0 Å². The van der Waals surface area contributed by atoms with Crippen LogP contribution in [0.3, 0.4) is 0 Å². The monoisotopic (exact) mass is 364 g/mol. The zero-order valence-electron chi connectivity index (χ0n) is 14.8. The first kappa shape index (κ1) is 19.7. The third kappa shape index (κ3) is 6.70. The molecule has 8 heteroatoms. The number of amides is 1. The Hall–Kier alpha value is -2.64. The smallest absolute Gasteiger partial charge is 0.407 e. The molecule has 0 radical (unpaired) electrons. The molecule has 1 fully saturated rings. The first-order valence-electron chi connectivity index (χ1n) is 8.74. The molecule has 2 atom stereocenters. The van der Waals surface area contributed by atoms with Gasteiger partial charge in [0.1, 0.15) is 6.61 Å². The van der Waals surface area contributed by atoms with Gasteiger partial charge in [0, 0.05) is 11.0 Å². The van der Waals surface area contributed by atoms with E-state index in [1.54, 1.807) is 6.92 Å². The van der Waals surface area contributed by atoms with E-state index in [9.17, 15) is 19.7 Å². The summed E-state index contributed by atoms with van der Waals surface area (Å²) in [5.74, 6) is -0.996. The Morgan fingerprint density at radius 1 is 1.27 bits per heavy atom. The lowest BCUT2D eigenvalue weighted by atomic mass is 9.92. The standard InChI is InChI=1S/C18H24N2O6/c1-2-25-16(21)10-15(11-20(23)24)17(14-8-9-14)19-18(22)26-12-13-6-4-3-5-7-13/h3-7,14-15,17H,2,8-12H2,1H3,(H,19,22)/t15?,17-/m0/s1. The highest BCUT2D eigenvalue weighted by Gasteiger charge is 2.41. The predicted molar refractivity (Wildman–Crippen MR) is 92.9 cm³/mol. The van der Waals surface area contributed by atoms with Crippen LogP contribution in [-0.4, -0.2) is 36.2 Å². The van der Waals surface area contributed by atoms with Gasteiger partial charge in [-0.05, 0) is 31.2 Å². The molecule has 8 nitrogen and oxygen atoms in total. The Morgan fingerprint density at radius 3 is 2.54 bits per heavy atom. The summed E-state index contributed by atoms with van der Waals surface area (Å²) in [6.07, 6.45) is 0.985. The molecule has 1 N–H and O–H groups in total. The van der Waals surface area contributed by atoms with Crippen LogP contribution >= 0.6 is 0 Å². The minimum absolute atomic E-state index is 0.102. The zero-order valence-corrected chi connectivity index (χ0v) is 14.8. The number of carbonyl (C=O) groups is 2. The van der Waals surface area contributed by atoms with Gasteiger partial charge in [0.25, 0.3) is 0 Å². The van der Waals surface area contributed by atoms with E-state index in [4.69, 9.17) is 9.47 Å². The number of esters is 1. The van der Waals surface area contributed by atoms with Crippen LogP contribution in [0.5, 0.6) is 0 Å². The Kier molecular flexibility index (Phi) is 7.37. The van der Waals surface area contributed by atoms with Crippen molar-refractivity contribution in [3.63, 3.8) is 0 Å². The molecule has 1 aromatic rings. The van der Waals surface area contributed by atoms with Crippen LogP contribution in [0.1, 0.15) is 31.7 Å². The second-order valence-electron chi connectivity index (χ2n) is 6.35. The van der Waals surface area contributed by atoms with E-state index in [1.165, 1.54) is 0 Å².